The van der Waals surface area contributed by atoms with Gasteiger partial charge in [0.05, 0.1) is 10.7 Å². The standard InChI is InChI=1S/C12H20N2S/c1-3-4-11-9(2)15-12(14-11)7-10-5-6-13-8-10/h10,13H,3-8H2,1-2H3. The van der Waals surface area contributed by atoms with Gasteiger partial charge in [0.2, 0.25) is 0 Å². The average molecular weight is 224 g/mol. The Kier molecular flexibility index (Phi) is 3.76. The molecule has 1 atom stereocenters. The molecule has 2 rings (SSSR count). The zero-order valence-electron chi connectivity index (χ0n) is 9.68. The summed E-state index contributed by atoms with van der Waals surface area (Å²) in [6.45, 7) is 6.80. The highest BCUT2D eigenvalue weighted by Crippen LogP contribution is 2.23. The summed E-state index contributed by atoms with van der Waals surface area (Å²) in [5.74, 6) is 0.824. The molecule has 0 amide bonds. The molecule has 1 N–H and O–H groups in total. The molecule has 0 aliphatic carbocycles. The maximum atomic E-state index is 4.75. The van der Waals surface area contributed by atoms with Crippen LogP contribution in [0.3, 0.4) is 0 Å². The van der Waals surface area contributed by atoms with E-state index in [1.165, 1.54) is 47.9 Å². The van der Waals surface area contributed by atoms with Crippen LogP contribution in [0.15, 0.2) is 0 Å². The fourth-order valence-electron chi connectivity index (χ4n) is 2.18. The number of rotatable bonds is 4. The van der Waals surface area contributed by atoms with Gasteiger partial charge in [-0.1, -0.05) is 13.3 Å². The fourth-order valence-corrected chi connectivity index (χ4v) is 3.27. The minimum atomic E-state index is 0.824. The van der Waals surface area contributed by atoms with Crippen molar-refractivity contribution in [3.63, 3.8) is 0 Å². The third-order valence-electron chi connectivity index (χ3n) is 3.05. The van der Waals surface area contributed by atoms with E-state index in [1.807, 2.05) is 11.3 Å². The van der Waals surface area contributed by atoms with Crippen LogP contribution in [0.4, 0.5) is 0 Å². The molecule has 3 heteroatoms. The van der Waals surface area contributed by atoms with E-state index in [2.05, 4.69) is 19.2 Å². The lowest BCUT2D eigenvalue weighted by Crippen LogP contribution is -2.10. The van der Waals surface area contributed by atoms with E-state index < -0.39 is 0 Å². The Balaban J connectivity index is 1.98. The largest absolute Gasteiger partial charge is 0.316 e. The molecular weight excluding hydrogens is 204 g/mol. The van der Waals surface area contributed by atoms with Crippen LogP contribution in [0.5, 0.6) is 0 Å². The second-order valence-corrected chi connectivity index (χ2v) is 5.71. The van der Waals surface area contributed by atoms with Crippen LogP contribution in [0.1, 0.15) is 35.3 Å². The smallest absolute Gasteiger partial charge is 0.0934 e. The number of hydrogen-bond acceptors (Lipinski definition) is 3. The highest BCUT2D eigenvalue weighted by Gasteiger charge is 2.17. The summed E-state index contributed by atoms with van der Waals surface area (Å²) < 4.78 is 0. The zero-order valence-corrected chi connectivity index (χ0v) is 10.5. The molecule has 1 aromatic heterocycles. The first-order chi connectivity index (χ1) is 7.29. The van der Waals surface area contributed by atoms with E-state index in [0.29, 0.717) is 0 Å². The van der Waals surface area contributed by atoms with Gasteiger partial charge in [0.15, 0.2) is 0 Å². The first-order valence-corrected chi connectivity index (χ1v) is 6.77. The second kappa shape index (κ2) is 5.08. The summed E-state index contributed by atoms with van der Waals surface area (Å²) >= 11 is 1.90. The van der Waals surface area contributed by atoms with Gasteiger partial charge < -0.3 is 5.32 Å². The number of nitrogens with one attached hydrogen (secondary N) is 1. The Hall–Kier alpha value is -0.410. The SMILES string of the molecule is CCCc1nc(CC2CCNC2)sc1C. The minimum Gasteiger partial charge on any atom is -0.316 e. The predicted octanol–water partition coefficient (Wildman–Crippen LogP) is 2.56. The van der Waals surface area contributed by atoms with Crippen LogP contribution in [0.25, 0.3) is 0 Å². The van der Waals surface area contributed by atoms with E-state index in [9.17, 15) is 0 Å². The van der Waals surface area contributed by atoms with Crippen molar-refractivity contribution in [2.45, 2.75) is 39.5 Å². The van der Waals surface area contributed by atoms with Crippen LogP contribution in [0, 0.1) is 12.8 Å². The fraction of sp³-hybridized carbons (Fsp3) is 0.750. The van der Waals surface area contributed by atoms with E-state index in [-0.39, 0.29) is 0 Å². The van der Waals surface area contributed by atoms with Gasteiger partial charge in [-0.05, 0) is 38.8 Å². The van der Waals surface area contributed by atoms with Gasteiger partial charge in [-0.2, -0.15) is 0 Å². The van der Waals surface area contributed by atoms with Crippen molar-refractivity contribution in [1.29, 1.82) is 0 Å². The Morgan fingerprint density at radius 1 is 1.53 bits per heavy atom. The molecule has 0 saturated carbocycles. The molecule has 0 spiro atoms. The van der Waals surface area contributed by atoms with Crippen molar-refractivity contribution < 1.29 is 0 Å². The Morgan fingerprint density at radius 3 is 3.07 bits per heavy atom. The topological polar surface area (TPSA) is 24.9 Å². The lowest BCUT2D eigenvalue weighted by molar-refractivity contribution is 0.577. The number of nitrogens with zero attached hydrogens (tertiary/aromatic N) is 1. The van der Waals surface area contributed by atoms with Crippen molar-refractivity contribution in [1.82, 2.24) is 10.3 Å². The molecule has 15 heavy (non-hydrogen) atoms. The third-order valence-corrected chi connectivity index (χ3v) is 4.08. The quantitative estimate of drug-likeness (QED) is 0.850. The van der Waals surface area contributed by atoms with Crippen molar-refractivity contribution in [2.75, 3.05) is 13.1 Å². The van der Waals surface area contributed by atoms with Gasteiger partial charge in [0, 0.05) is 11.3 Å². The number of aromatic nitrogens is 1. The first kappa shape index (κ1) is 11.1. The second-order valence-electron chi connectivity index (χ2n) is 4.42. The summed E-state index contributed by atoms with van der Waals surface area (Å²) in [5.41, 5.74) is 1.34. The van der Waals surface area contributed by atoms with Gasteiger partial charge in [-0.15, -0.1) is 11.3 Å². The van der Waals surface area contributed by atoms with Crippen LogP contribution in [-0.4, -0.2) is 18.1 Å². The molecule has 1 aliphatic rings. The lowest BCUT2D eigenvalue weighted by atomic mass is 10.1. The Morgan fingerprint density at radius 2 is 2.40 bits per heavy atom. The van der Waals surface area contributed by atoms with Crippen LogP contribution < -0.4 is 5.32 Å². The lowest BCUT2D eigenvalue weighted by Gasteiger charge is -2.03. The van der Waals surface area contributed by atoms with E-state index in [4.69, 9.17) is 4.98 Å². The molecule has 2 nitrogen and oxygen atoms in total. The number of aryl methyl sites for hydroxylation is 2. The predicted molar refractivity (Wildman–Crippen MR) is 65.5 cm³/mol. The van der Waals surface area contributed by atoms with Crippen LogP contribution >= 0.6 is 11.3 Å². The molecule has 0 radical (unpaired) electrons. The van der Waals surface area contributed by atoms with Gasteiger partial charge in [-0.3, -0.25) is 0 Å². The van der Waals surface area contributed by atoms with Gasteiger partial charge in [-0.25, -0.2) is 4.98 Å². The highest BCUT2D eigenvalue weighted by atomic mass is 32.1. The number of thiazole rings is 1. The Labute approximate surface area is 96.1 Å². The molecular formula is C12H20N2S. The maximum Gasteiger partial charge on any atom is 0.0934 e. The molecule has 1 unspecified atom stereocenters. The molecule has 0 aromatic carbocycles. The molecule has 1 fully saturated rings. The van der Waals surface area contributed by atoms with Crippen molar-refractivity contribution in [3.05, 3.63) is 15.6 Å². The number of hydrogen-bond donors (Lipinski definition) is 1. The molecule has 1 aromatic rings. The van der Waals surface area contributed by atoms with E-state index in [1.54, 1.807) is 0 Å². The molecule has 1 aliphatic heterocycles. The van der Waals surface area contributed by atoms with E-state index in [0.717, 1.165) is 12.3 Å². The summed E-state index contributed by atoms with van der Waals surface area (Å²) in [7, 11) is 0. The molecule has 1 saturated heterocycles. The summed E-state index contributed by atoms with van der Waals surface area (Å²) in [6.07, 6.45) is 4.85. The monoisotopic (exact) mass is 224 g/mol. The molecule has 84 valence electrons. The summed E-state index contributed by atoms with van der Waals surface area (Å²) in [6, 6.07) is 0. The van der Waals surface area contributed by atoms with Crippen molar-refractivity contribution in [2.24, 2.45) is 5.92 Å². The zero-order chi connectivity index (χ0) is 10.7. The normalized spacial score (nSPS) is 21.1. The molecule has 2 heterocycles. The Bertz CT molecular complexity index is 313. The summed E-state index contributed by atoms with van der Waals surface area (Å²) in [5, 5.41) is 4.77. The van der Waals surface area contributed by atoms with Gasteiger partial charge >= 0.3 is 0 Å². The summed E-state index contributed by atoms with van der Waals surface area (Å²) in [4.78, 5) is 6.18. The van der Waals surface area contributed by atoms with E-state index >= 15 is 0 Å². The third kappa shape index (κ3) is 2.79. The molecule has 0 bridgehead atoms. The van der Waals surface area contributed by atoms with Gasteiger partial charge in [0.1, 0.15) is 0 Å². The minimum absolute atomic E-state index is 0.824. The van der Waals surface area contributed by atoms with Crippen molar-refractivity contribution >= 4 is 11.3 Å². The van der Waals surface area contributed by atoms with Crippen LogP contribution in [0.2, 0.25) is 0 Å². The van der Waals surface area contributed by atoms with Gasteiger partial charge in [0.25, 0.3) is 0 Å². The van der Waals surface area contributed by atoms with Crippen molar-refractivity contribution in [3.8, 4) is 0 Å². The highest BCUT2D eigenvalue weighted by molar-refractivity contribution is 7.11. The maximum absolute atomic E-state index is 4.75. The average Bonchev–Trinajstić information content (AvgIpc) is 2.79. The first-order valence-electron chi connectivity index (χ1n) is 5.95. The van der Waals surface area contributed by atoms with Crippen LogP contribution in [-0.2, 0) is 12.8 Å².